The second-order valence-electron chi connectivity index (χ2n) is 33.5. The molecule has 0 amide bonds. The van der Waals surface area contributed by atoms with E-state index >= 15 is 0 Å². The molecule has 4 aromatic heterocycles. The van der Waals surface area contributed by atoms with Crippen LogP contribution in [-0.4, -0.2) is 25.0 Å². The zero-order valence-electron chi connectivity index (χ0n) is 73.5. The van der Waals surface area contributed by atoms with Crippen LogP contribution in [0.4, 0.5) is 34.1 Å². The summed E-state index contributed by atoms with van der Waals surface area (Å²) in [5.41, 5.74) is 28.1. The van der Waals surface area contributed by atoms with Crippen LogP contribution in [0.15, 0.2) is 382 Å². The Labute approximate surface area is 692 Å². The lowest BCUT2D eigenvalue weighted by molar-refractivity contribution is 0.590. The fraction of sp³-hybridized carbons (Fsp3) is 0.0727. The topological polar surface area (TPSA) is 26.2 Å². The largest absolute Gasteiger partial charge is 0.311 e. The van der Waals surface area contributed by atoms with Crippen LogP contribution in [-0.2, 0) is 10.8 Å². The molecule has 0 aliphatic carbocycles. The van der Waals surface area contributed by atoms with Crippen LogP contribution in [0.1, 0.15) is 63.6 Å². The van der Waals surface area contributed by atoms with Crippen molar-refractivity contribution in [2.45, 2.75) is 52.4 Å². The zero-order valence-corrected chi connectivity index (χ0v) is 65.5. The summed E-state index contributed by atoms with van der Waals surface area (Å²) in [5, 5.41) is 6.82. The standard InChI is InChI=1S/C110H81BN6/c1-109(2,3)78-47-54-101-91(63-78)92-64-79(110(4,5)6)48-55-102(92)114(101)82-50-53-95-105(67-82)117(84-61-76(72-33-15-9-16-34-72)58-77(62-84)73-35-17-10-18-36-73)107-69-85(115-100-46-28-23-41-90(100)93-65-80(51-56-103(93)115)112-96-42-24-19-37-86(96)87-38-20-25-43-97(87)112)68-106-108(107)111(95)94-52-49-81(113-98-44-26-21-39-88(98)89-40-22-27-45-99(89)113)66-104(94)116(106)83-59-74(70-29-11-7-12-30-70)57-75(60-83)71-31-13-8-14-32-71/h7-69H,1-6H3/i21D,22D,26D,27D,39D,40D,44D,45D. The Morgan fingerprint density at radius 3 is 0.932 bits per heavy atom. The Balaban J connectivity index is 0.891. The Morgan fingerprint density at radius 2 is 0.530 bits per heavy atom. The summed E-state index contributed by atoms with van der Waals surface area (Å²) >= 11 is 0. The van der Waals surface area contributed by atoms with E-state index in [0.29, 0.717) is 5.69 Å². The Kier molecular flexibility index (Phi) is 13.4. The number of aromatic nitrogens is 4. The predicted octanol–water partition coefficient (Wildman–Crippen LogP) is 27.4. The highest BCUT2D eigenvalue weighted by Gasteiger charge is 2.45. The molecule has 117 heavy (non-hydrogen) atoms. The molecule has 0 N–H and O–H groups in total. The first-order valence-electron chi connectivity index (χ1n) is 44.3. The molecule has 2 aliphatic rings. The molecule has 17 aromatic carbocycles. The average Bonchev–Trinajstić information content (AvgIpc) is 1.58. The van der Waals surface area contributed by atoms with Gasteiger partial charge in [0, 0.05) is 94.3 Å². The third-order valence-corrected chi connectivity index (χ3v) is 24.6. The molecule has 0 radical (unpaired) electrons. The Hall–Kier alpha value is -14.4. The SMILES string of the molecule is [2H]c1c([2H])c([2H])c2c(c1[2H])c1c([2H])c([2H])c([2H])c([2H])c1n2-c1ccc2c(c1)N(c1cc(-c3ccccc3)cc(-c3ccccc3)c1)c1cc(-n3c4ccccc4c4cc(-n5c6ccccc6c6ccccc65)ccc43)cc3c1B2c1ccc(-n2c4ccc(C(C)(C)C)cc4c4cc(C(C)(C)C)ccc42)cc1N3c1cc(-c2ccccc2)cc(-c2ccccc2)c1. The minimum atomic E-state index is -0.548. The first-order chi connectivity index (χ1) is 60.6. The molecular formula is C110H81BN6. The smallest absolute Gasteiger partial charge is 0.252 e. The molecule has 554 valence electrons. The third-order valence-electron chi connectivity index (χ3n) is 24.6. The first-order valence-corrected chi connectivity index (χ1v) is 40.3. The van der Waals surface area contributed by atoms with Gasteiger partial charge in [0.25, 0.3) is 6.71 Å². The summed E-state index contributed by atoms with van der Waals surface area (Å²) < 4.78 is 85.3. The summed E-state index contributed by atoms with van der Waals surface area (Å²) in [6, 6.07) is 118. The van der Waals surface area contributed by atoms with Crippen molar-refractivity contribution in [1.82, 2.24) is 18.3 Å². The first kappa shape index (κ1) is 60.2. The minimum Gasteiger partial charge on any atom is -0.311 e. The second kappa shape index (κ2) is 26.1. The van der Waals surface area contributed by atoms with Crippen LogP contribution in [0.25, 0.3) is 154 Å². The third kappa shape index (κ3) is 10.8. The molecule has 21 aromatic rings. The molecule has 0 saturated heterocycles. The van der Waals surface area contributed by atoms with E-state index in [1.165, 1.54) is 32.7 Å². The lowest BCUT2D eigenvalue weighted by Crippen LogP contribution is -2.61. The molecule has 0 atom stereocenters. The summed E-state index contributed by atoms with van der Waals surface area (Å²) in [7, 11) is 0. The Bertz CT molecular complexity index is 7860. The lowest BCUT2D eigenvalue weighted by atomic mass is 9.33. The second-order valence-corrected chi connectivity index (χ2v) is 33.5. The highest BCUT2D eigenvalue weighted by molar-refractivity contribution is 7.00. The van der Waals surface area contributed by atoms with E-state index in [1.807, 2.05) is 18.2 Å². The van der Waals surface area contributed by atoms with Gasteiger partial charge in [0.15, 0.2) is 0 Å². The fourth-order valence-corrected chi connectivity index (χ4v) is 19.1. The maximum absolute atomic E-state index is 9.95. The zero-order chi connectivity index (χ0) is 85.1. The van der Waals surface area contributed by atoms with Crippen molar-refractivity contribution < 1.29 is 11.0 Å². The quantitative estimate of drug-likeness (QED) is 0.128. The van der Waals surface area contributed by atoms with Gasteiger partial charge in [-0.05, 0) is 228 Å². The maximum Gasteiger partial charge on any atom is 0.252 e. The minimum absolute atomic E-state index is 0.0000218. The molecule has 0 spiro atoms. The highest BCUT2D eigenvalue weighted by Crippen LogP contribution is 2.51. The van der Waals surface area contributed by atoms with Crippen LogP contribution in [0.5, 0.6) is 0 Å². The number of rotatable bonds is 10. The molecule has 0 bridgehead atoms. The molecule has 7 heteroatoms. The summed E-state index contributed by atoms with van der Waals surface area (Å²) in [6.45, 7) is 13.2. The highest BCUT2D eigenvalue weighted by atomic mass is 15.2. The van der Waals surface area contributed by atoms with E-state index in [0.717, 1.165) is 156 Å². The van der Waals surface area contributed by atoms with Crippen molar-refractivity contribution in [3.8, 4) is 67.3 Å². The van der Waals surface area contributed by atoms with E-state index < -0.39 is 43.0 Å². The van der Waals surface area contributed by atoms with E-state index in [-0.39, 0.29) is 44.7 Å². The summed E-state index contributed by atoms with van der Waals surface area (Å²) in [5.74, 6) is 0. The summed E-state index contributed by atoms with van der Waals surface area (Å²) in [6.07, 6.45) is 0. The number of hydrogen-bond acceptors (Lipinski definition) is 2. The van der Waals surface area contributed by atoms with Crippen molar-refractivity contribution in [3.63, 3.8) is 0 Å². The van der Waals surface area contributed by atoms with E-state index in [2.05, 4.69) is 380 Å². The number of anilines is 6. The lowest BCUT2D eigenvalue weighted by Gasteiger charge is -2.45. The van der Waals surface area contributed by atoms with Gasteiger partial charge in [0.2, 0.25) is 0 Å². The van der Waals surface area contributed by atoms with Gasteiger partial charge >= 0.3 is 0 Å². The van der Waals surface area contributed by atoms with Crippen molar-refractivity contribution in [3.05, 3.63) is 393 Å². The maximum atomic E-state index is 9.95. The number of hydrogen-bond donors (Lipinski definition) is 0. The molecule has 2 aliphatic heterocycles. The van der Waals surface area contributed by atoms with Crippen molar-refractivity contribution in [2.75, 3.05) is 9.80 Å². The Morgan fingerprint density at radius 1 is 0.222 bits per heavy atom. The molecular weight excluding hydrogens is 1420 g/mol. The van der Waals surface area contributed by atoms with Gasteiger partial charge in [-0.25, -0.2) is 0 Å². The van der Waals surface area contributed by atoms with Crippen LogP contribution in [0, 0.1) is 0 Å². The summed E-state index contributed by atoms with van der Waals surface area (Å²) in [4.78, 5) is 4.94. The fourth-order valence-electron chi connectivity index (χ4n) is 19.1. The molecule has 0 unspecified atom stereocenters. The van der Waals surface area contributed by atoms with Gasteiger partial charge in [-0.15, -0.1) is 0 Å². The van der Waals surface area contributed by atoms with Gasteiger partial charge in [-0.3, -0.25) is 0 Å². The van der Waals surface area contributed by atoms with E-state index in [9.17, 15) is 8.22 Å². The normalized spacial score (nSPS) is 13.8. The monoisotopic (exact) mass is 1500 g/mol. The van der Waals surface area contributed by atoms with Crippen LogP contribution in [0.2, 0.25) is 0 Å². The van der Waals surface area contributed by atoms with Crippen LogP contribution < -0.4 is 26.2 Å². The molecule has 23 rings (SSSR count). The number of benzene rings is 17. The van der Waals surface area contributed by atoms with Gasteiger partial charge in [-0.1, -0.05) is 278 Å². The number of para-hydroxylation sites is 5. The number of fused-ring (bicyclic) bond motifs is 16. The van der Waals surface area contributed by atoms with Gasteiger partial charge in [0.1, 0.15) is 0 Å². The number of nitrogens with zero attached hydrogens (tertiary/aromatic N) is 6. The molecule has 0 saturated carbocycles. The molecule has 6 heterocycles. The van der Waals surface area contributed by atoms with Gasteiger partial charge in [-0.2, -0.15) is 0 Å². The van der Waals surface area contributed by atoms with Crippen molar-refractivity contribution in [1.29, 1.82) is 0 Å². The van der Waals surface area contributed by atoms with Crippen LogP contribution >= 0.6 is 0 Å². The van der Waals surface area contributed by atoms with Crippen LogP contribution in [0.3, 0.4) is 0 Å². The van der Waals surface area contributed by atoms with E-state index in [1.54, 1.807) is 4.57 Å². The van der Waals surface area contributed by atoms with Crippen molar-refractivity contribution >= 4 is 144 Å². The van der Waals surface area contributed by atoms with Crippen molar-refractivity contribution in [2.24, 2.45) is 0 Å². The molecule has 6 nitrogen and oxygen atoms in total. The predicted molar refractivity (Wildman–Crippen MR) is 497 cm³/mol. The van der Waals surface area contributed by atoms with Gasteiger partial charge < -0.3 is 28.1 Å². The van der Waals surface area contributed by atoms with Gasteiger partial charge in [0.05, 0.1) is 60.8 Å². The molecule has 0 fully saturated rings. The van der Waals surface area contributed by atoms with E-state index in [4.69, 9.17) is 2.74 Å². The average molecular weight is 1510 g/mol.